The maximum absolute atomic E-state index is 12.1. The highest BCUT2D eigenvalue weighted by atomic mass is 16.1. The van der Waals surface area contributed by atoms with Gasteiger partial charge >= 0.3 is 0 Å². The summed E-state index contributed by atoms with van der Waals surface area (Å²) >= 11 is 0. The van der Waals surface area contributed by atoms with E-state index in [1.165, 1.54) is 0 Å². The minimum Gasteiger partial charge on any atom is -0.368 e. The summed E-state index contributed by atoms with van der Waals surface area (Å²) in [6.07, 6.45) is 12.4. The van der Waals surface area contributed by atoms with Crippen molar-refractivity contribution in [2.75, 3.05) is 0 Å². The number of hydrogen-bond donors (Lipinski definition) is 1. The van der Waals surface area contributed by atoms with Crippen molar-refractivity contribution in [3.05, 3.63) is 107 Å². The van der Waals surface area contributed by atoms with Crippen molar-refractivity contribution in [1.82, 2.24) is 5.32 Å². The molecule has 4 rings (SSSR count). The number of carbonyl (C=O) groups is 1. The van der Waals surface area contributed by atoms with Crippen LogP contribution in [0.4, 0.5) is 0 Å². The molecule has 108 valence electrons. The molecular weight excluding hydrogens is 270 g/mol. The van der Waals surface area contributed by atoms with Gasteiger partial charge in [0.2, 0.25) is 0 Å². The van der Waals surface area contributed by atoms with Gasteiger partial charge in [-0.15, -0.1) is 0 Å². The Balaban J connectivity index is 0.000000174. The third-order valence-corrected chi connectivity index (χ3v) is 3.62. The summed E-state index contributed by atoms with van der Waals surface area (Å²) in [5, 5.41) is 2.92. The molecule has 22 heavy (non-hydrogen) atoms. The quantitative estimate of drug-likeness (QED) is 0.677. The summed E-state index contributed by atoms with van der Waals surface area (Å²) in [5.74, 6) is 0.160. The molecule has 0 atom stereocenters. The number of benzene rings is 2. The van der Waals surface area contributed by atoms with E-state index in [9.17, 15) is 4.79 Å². The fraction of sp³-hybridized carbons (Fsp3) is 0.0500. The highest BCUT2D eigenvalue weighted by Gasteiger charge is 2.21. The van der Waals surface area contributed by atoms with Gasteiger partial charge in [-0.3, -0.25) is 4.79 Å². The van der Waals surface area contributed by atoms with Gasteiger partial charge < -0.3 is 5.32 Å². The molecule has 0 saturated heterocycles. The van der Waals surface area contributed by atoms with Gasteiger partial charge in [0.1, 0.15) is 0 Å². The van der Waals surface area contributed by atoms with Crippen molar-refractivity contribution >= 4 is 5.78 Å². The SMILES string of the molecule is C1=CC=CNC=C1.O=C1c2ccccc2Cc2ccccc21. The van der Waals surface area contributed by atoms with Crippen LogP contribution in [0.15, 0.2) is 85.2 Å². The molecule has 2 aliphatic rings. The average Bonchev–Trinajstić information content (AvgIpc) is 2.89. The molecule has 2 nitrogen and oxygen atoms in total. The van der Waals surface area contributed by atoms with Crippen LogP contribution in [-0.4, -0.2) is 5.78 Å². The zero-order chi connectivity index (χ0) is 15.2. The second-order valence-electron chi connectivity index (χ2n) is 5.09. The number of hydrogen-bond acceptors (Lipinski definition) is 2. The highest BCUT2D eigenvalue weighted by Crippen LogP contribution is 2.26. The number of carbonyl (C=O) groups excluding carboxylic acids is 1. The Kier molecular flexibility index (Phi) is 4.30. The fourth-order valence-corrected chi connectivity index (χ4v) is 2.55. The average molecular weight is 287 g/mol. The molecule has 0 amide bonds. The molecular formula is C20H17NO. The lowest BCUT2D eigenvalue weighted by Gasteiger charge is -2.17. The Hall–Kier alpha value is -2.87. The van der Waals surface area contributed by atoms with Gasteiger partial charge in [-0.2, -0.15) is 0 Å². The summed E-state index contributed by atoms with van der Waals surface area (Å²) in [6, 6.07) is 15.7. The number of fused-ring (bicyclic) bond motifs is 2. The van der Waals surface area contributed by atoms with Crippen molar-refractivity contribution in [2.45, 2.75) is 6.42 Å². The van der Waals surface area contributed by atoms with Crippen molar-refractivity contribution < 1.29 is 4.79 Å². The second-order valence-corrected chi connectivity index (χ2v) is 5.09. The predicted molar refractivity (Wildman–Crippen MR) is 89.7 cm³/mol. The maximum atomic E-state index is 12.1. The van der Waals surface area contributed by atoms with Gasteiger partial charge in [-0.25, -0.2) is 0 Å². The minimum absolute atomic E-state index is 0.160. The number of allylic oxidation sites excluding steroid dienone is 4. The first-order valence-electron chi connectivity index (χ1n) is 7.31. The summed E-state index contributed by atoms with van der Waals surface area (Å²) in [7, 11) is 0. The van der Waals surface area contributed by atoms with Crippen LogP contribution in [0.2, 0.25) is 0 Å². The molecule has 2 heteroatoms. The molecule has 0 aromatic heterocycles. The maximum Gasteiger partial charge on any atom is 0.193 e. The zero-order valence-electron chi connectivity index (χ0n) is 12.2. The van der Waals surface area contributed by atoms with Gasteiger partial charge in [-0.1, -0.05) is 60.7 Å². The van der Waals surface area contributed by atoms with Crippen molar-refractivity contribution in [3.63, 3.8) is 0 Å². The topological polar surface area (TPSA) is 29.1 Å². The van der Waals surface area contributed by atoms with Gasteiger partial charge in [-0.05, 0) is 29.7 Å². The first kappa shape index (κ1) is 14.1. The van der Waals surface area contributed by atoms with E-state index in [1.54, 1.807) is 0 Å². The van der Waals surface area contributed by atoms with E-state index in [2.05, 4.69) is 5.32 Å². The van der Waals surface area contributed by atoms with Crippen LogP contribution in [0, 0.1) is 0 Å². The van der Waals surface area contributed by atoms with E-state index in [0.29, 0.717) is 0 Å². The summed E-state index contributed by atoms with van der Waals surface area (Å²) < 4.78 is 0. The van der Waals surface area contributed by atoms with E-state index in [1.807, 2.05) is 85.2 Å². The highest BCUT2D eigenvalue weighted by molar-refractivity contribution is 6.12. The molecule has 2 aromatic carbocycles. The Morgan fingerprint density at radius 1 is 0.682 bits per heavy atom. The Morgan fingerprint density at radius 3 is 1.73 bits per heavy atom. The molecule has 0 fully saturated rings. The second kappa shape index (κ2) is 6.72. The number of rotatable bonds is 0. The van der Waals surface area contributed by atoms with Gasteiger partial charge in [0.15, 0.2) is 5.78 Å². The summed E-state index contributed by atoms with van der Waals surface area (Å²) in [5.41, 5.74) is 4.00. The molecule has 0 unspecified atom stereocenters. The molecule has 0 spiro atoms. The van der Waals surface area contributed by atoms with Gasteiger partial charge in [0.25, 0.3) is 0 Å². The summed E-state index contributed by atoms with van der Waals surface area (Å²) in [4.78, 5) is 12.1. The largest absolute Gasteiger partial charge is 0.368 e. The lowest BCUT2D eigenvalue weighted by atomic mass is 9.85. The predicted octanol–water partition coefficient (Wildman–Crippen LogP) is 4.00. The van der Waals surface area contributed by atoms with Crippen molar-refractivity contribution in [3.8, 4) is 0 Å². The fourth-order valence-electron chi connectivity index (χ4n) is 2.55. The monoisotopic (exact) mass is 287 g/mol. The van der Waals surface area contributed by atoms with E-state index >= 15 is 0 Å². The first-order valence-corrected chi connectivity index (χ1v) is 7.31. The third-order valence-electron chi connectivity index (χ3n) is 3.62. The molecule has 1 aliphatic heterocycles. The van der Waals surface area contributed by atoms with Crippen LogP contribution >= 0.6 is 0 Å². The van der Waals surface area contributed by atoms with E-state index in [4.69, 9.17) is 0 Å². The van der Waals surface area contributed by atoms with E-state index < -0.39 is 0 Å². The Bertz CT molecular complexity index is 707. The molecule has 2 aromatic rings. The zero-order valence-corrected chi connectivity index (χ0v) is 12.2. The van der Waals surface area contributed by atoms with E-state index in [-0.39, 0.29) is 5.78 Å². The van der Waals surface area contributed by atoms with E-state index in [0.717, 1.165) is 28.7 Å². The van der Waals surface area contributed by atoms with Crippen LogP contribution in [-0.2, 0) is 6.42 Å². The van der Waals surface area contributed by atoms with Gasteiger partial charge in [0.05, 0.1) is 0 Å². The molecule has 0 saturated carbocycles. The van der Waals surface area contributed by atoms with Crippen molar-refractivity contribution in [2.24, 2.45) is 0 Å². The standard InChI is InChI=1S/C14H10O.C6H7N/c15-14-12-7-3-1-5-10(12)9-11-6-2-4-8-13(11)14;1-2-4-6-7-5-3-1/h1-8H,9H2;1-7H. The van der Waals surface area contributed by atoms with Crippen LogP contribution in [0.25, 0.3) is 0 Å². The molecule has 1 aliphatic carbocycles. The lowest BCUT2D eigenvalue weighted by molar-refractivity contribution is 0.103. The number of ketones is 1. The first-order chi connectivity index (χ1) is 10.9. The minimum atomic E-state index is 0.160. The molecule has 0 bridgehead atoms. The Morgan fingerprint density at radius 2 is 1.18 bits per heavy atom. The molecule has 1 heterocycles. The Labute approximate surface area is 130 Å². The van der Waals surface area contributed by atoms with Crippen LogP contribution < -0.4 is 5.32 Å². The molecule has 1 N–H and O–H groups in total. The lowest BCUT2D eigenvalue weighted by Crippen LogP contribution is -2.14. The smallest absolute Gasteiger partial charge is 0.193 e. The van der Waals surface area contributed by atoms with Crippen molar-refractivity contribution in [1.29, 1.82) is 0 Å². The summed E-state index contributed by atoms with van der Waals surface area (Å²) in [6.45, 7) is 0. The third kappa shape index (κ3) is 3.07. The normalized spacial score (nSPS) is 14.1. The molecule has 0 radical (unpaired) electrons. The van der Waals surface area contributed by atoms with Crippen LogP contribution in [0.3, 0.4) is 0 Å². The van der Waals surface area contributed by atoms with Gasteiger partial charge in [0, 0.05) is 23.5 Å². The van der Waals surface area contributed by atoms with Crippen LogP contribution in [0.1, 0.15) is 27.0 Å². The number of nitrogens with one attached hydrogen (secondary N) is 1. The van der Waals surface area contributed by atoms with Crippen LogP contribution in [0.5, 0.6) is 0 Å².